The number of aromatic nitrogens is 1. The maximum Gasteiger partial charge on any atom is 0.280 e. The molecule has 0 atom stereocenters. The summed E-state index contributed by atoms with van der Waals surface area (Å²) >= 11 is 1.21. The topological polar surface area (TPSA) is 102 Å². The van der Waals surface area contributed by atoms with Gasteiger partial charge in [-0.15, -0.1) is 0 Å². The standard InChI is InChI=1S/C26H18N4O4S/c1-17-10-12-20(21(15-17)30(32)33)22-13-11-19(34-22)16-23-25(31)29(18-7-3-2-4-8-18)26(35-23)28-24-9-5-6-14-27-24/h2-16H,1H3/b23-16+,28-26+. The molecule has 3 heterocycles. The highest BCUT2D eigenvalue weighted by atomic mass is 32.2. The van der Waals surface area contributed by atoms with Crippen LogP contribution in [0.15, 0.2) is 99.4 Å². The fraction of sp³-hybridized carbons (Fsp3) is 0.0385. The van der Waals surface area contributed by atoms with Crippen LogP contribution in [-0.2, 0) is 4.79 Å². The van der Waals surface area contributed by atoms with Crippen LogP contribution in [0, 0.1) is 17.0 Å². The molecular weight excluding hydrogens is 464 g/mol. The van der Waals surface area contributed by atoms with E-state index in [0.29, 0.717) is 38.7 Å². The maximum absolute atomic E-state index is 13.4. The lowest BCUT2D eigenvalue weighted by molar-refractivity contribution is -0.384. The monoisotopic (exact) mass is 482 g/mol. The number of furan rings is 1. The number of carbonyl (C=O) groups is 1. The Morgan fingerprint density at radius 3 is 2.60 bits per heavy atom. The van der Waals surface area contributed by atoms with Crippen LogP contribution in [0.25, 0.3) is 17.4 Å². The zero-order valence-corrected chi connectivity index (χ0v) is 19.3. The largest absolute Gasteiger partial charge is 0.456 e. The number of hydrogen-bond acceptors (Lipinski definition) is 7. The lowest BCUT2D eigenvalue weighted by atomic mass is 10.1. The molecule has 0 aliphatic carbocycles. The van der Waals surface area contributed by atoms with Crippen molar-refractivity contribution in [3.05, 3.63) is 111 Å². The number of pyridine rings is 1. The SMILES string of the molecule is Cc1ccc(-c2ccc(/C=C3/S/C(=N/c4ccccn4)N(c4ccccc4)C3=O)o2)c([N+](=O)[O-])c1. The molecule has 0 N–H and O–H groups in total. The summed E-state index contributed by atoms with van der Waals surface area (Å²) in [5.41, 5.74) is 1.80. The molecule has 1 amide bonds. The number of amides is 1. The second-order valence-corrected chi connectivity index (χ2v) is 8.66. The number of anilines is 1. The first-order chi connectivity index (χ1) is 17.0. The molecule has 172 valence electrons. The number of nitrogens with zero attached hydrogens (tertiary/aromatic N) is 4. The number of aryl methyl sites for hydroxylation is 1. The van der Waals surface area contributed by atoms with E-state index in [4.69, 9.17) is 4.42 Å². The lowest BCUT2D eigenvalue weighted by Gasteiger charge is -2.15. The first-order valence-electron chi connectivity index (χ1n) is 10.6. The molecule has 1 saturated heterocycles. The Bertz CT molecular complexity index is 1480. The summed E-state index contributed by atoms with van der Waals surface area (Å²) in [6.07, 6.45) is 3.26. The molecule has 0 bridgehead atoms. The molecule has 0 spiro atoms. The van der Waals surface area contributed by atoms with Crippen LogP contribution in [-0.4, -0.2) is 21.0 Å². The summed E-state index contributed by atoms with van der Waals surface area (Å²) in [5.74, 6) is 0.978. The molecule has 8 nitrogen and oxygen atoms in total. The van der Waals surface area contributed by atoms with E-state index in [1.165, 1.54) is 22.7 Å². The number of hydrogen-bond donors (Lipinski definition) is 0. The van der Waals surface area contributed by atoms with Crippen molar-refractivity contribution in [1.82, 2.24) is 4.98 Å². The summed E-state index contributed by atoms with van der Waals surface area (Å²) in [6.45, 7) is 1.79. The van der Waals surface area contributed by atoms with Gasteiger partial charge >= 0.3 is 0 Å². The van der Waals surface area contributed by atoms with Crippen molar-refractivity contribution in [2.24, 2.45) is 4.99 Å². The quantitative estimate of drug-likeness (QED) is 0.186. The van der Waals surface area contributed by atoms with Crippen LogP contribution < -0.4 is 4.90 Å². The molecule has 0 saturated carbocycles. The molecule has 0 radical (unpaired) electrons. The maximum atomic E-state index is 13.4. The second kappa shape index (κ2) is 9.40. The molecule has 1 aliphatic rings. The molecule has 0 unspecified atom stereocenters. The molecule has 2 aromatic heterocycles. The highest BCUT2D eigenvalue weighted by Gasteiger charge is 2.35. The minimum atomic E-state index is -0.433. The number of nitro groups is 1. The molecule has 4 aromatic rings. The number of para-hydroxylation sites is 1. The Kier molecular flexibility index (Phi) is 5.99. The number of carbonyl (C=O) groups excluding carboxylic acids is 1. The number of aliphatic imine (C=N–C) groups is 1. The molecule has 5 rings (SSSR count). The van der Waals surface area contributed by atoms with Crippen LogP contribution in [0.5, 0.6) is 0 Å². The van der Waals surface area contributed by atoms with Gasteiger partial charge in [-0.1, -0.05) is 30.3 Å². The predicted octanol–water partition coefficient (Wildman–Crippen LogP) is 6.37. The lowest BCUT2D eigenvalue weighted by Crippen LogP contribution is -2.28. The minimum Gasteiger partial charge on any atom is -0.456 e. The first kappa shape index (κ1) is 22.3. The smallest absolute Gasteiger partial charge is 0.280 e. The number of amidine groups is 1. The Labute approximate surface area is 204 Å². The predicted molar refractivity (Wildman–Crippen MR) is 136 cm³/mol. The normalized spacial score (nSPS) is 15.8. The molecule has 2 aromatic carbocycles. The third-order valence-electron chi connectivity index (χ3n) is 5.20. The van der Waals surface area contributed by atoms with Gasteiger partial charge < -0.3 is 4.42 Å². The van der Waals surface area contributed by atoms with Crippen molar-refractivity contribution < 1.29 is 14.1 Å². The van der Waals surface area contributed by atoms with Gasteiger partial charge in [0, 0.05) is 18.3 Å². The van der Waals surface area contributed by atoms with E-state index < -0.39 is 4.92 Å². The number of benzene rings is 2. The Morgan fingerprint density at radius 2 is 1.86 bits per heavy atom. The molecular formula is C26H18N4O4S. The zero-order valence-electron chi connectivity index (χ0n) is 18.5. The summed E-state index contributed by atoms with van der Waals surface area (Å²) in [6, 6.07) is 22.9. The third kappa shape index (κ3) is 4.62. The molecule has 35 heavy (non-hydrogen) atoms. The Hall–Kier alpha value is -4.50. The van der Waals surface area contributed by atoms with E-state index in [0.717, 1.165) is 5.56 Å². The van der Waals surface area contributed by atoms with Crippen LogP contribution in [0.3, 0.4) is 0 Å². The zero-order chi connectivity index (χ0) is 24.4. The van der Waals surface area contributed by atoms with E-state index in [-0.39, 0.29) is 11.6 Å². The fourth-order valence-electron chi connectivity index (χ4n) is 3.58. The van der Waals surface area contributed by atoms with Crippen LogP contribution in [0.4, 0.5) is 17.2 Å². The van der Waals surface area contributed by atoms with Gasteiger partial charge in [-0.25, -0.2) is 9.98 Å². The van der Waals surface area contributed by atoms with Crippen molar-refractivity contribution in [2.45, 2.75) is 6.92 Å². The van der Waals surface area contributed by atoms with Gasteiger partial charge in [0.15, 0.2) is 11.0 Å². The van der Waals surface area contributed by atoms with Gasteiger partial charge in [0.25, 0.3) is 11.6 Å². The van der Waals surface area contributed by atoms with Gasteiger partial charge in [-0.3, -0.25) is 19.8 Å². The fourth-order valence-corrected chi connectivity index (χ4v) is 4.55. The molecule has 9 heteroatoms. The number of nitro benzene ring substituents is 1. The number of rotatable bonds is 5. The van der Waals surface area contributed by atoms with Gasteiger partial charge in [-0.05, 0) is 66.7 Å². The van der Waals surface area contributed by atoms with E-state index in [1.54, 1.807) is 55.6 Å². The van der Waals surface area contributed by atoms with Crippen molar-refractivity contribution >= 4 is 46.1 Å². The van der Waals surface area contributed by atoms with Gasteiger partial charge in [0.1, 0.15) is 11.5 Å². The van der Waals surface area contributed by atoms with E-state index >= 15 is 0 Å². The molecule has 1 fully saturated rings. The second-order valence-electron chi connectivity index (χ2n) is 7.65. The van der Waals surface area contributed by atoms with Crippen LogP contribution >= 0.6 is 11.8 Å². The Balaban J connectivity index is 1.51. The van der Waals surface area contributed by atoms with Crippen molar-refractivity contribution in [2.75, 3.05) is 4.90 Å². The minimum absolute atomic E-state index is 0.0371. The van der Waals surface area contributed by atoms with Crippen LogP contribution in [0.2, 0.25) is 0 Å². The van der Waals surface area contributed by atoms with E-state index in [2.05, 4.69) is 9.98 Å². The van der Waals surface area contributed by atoms with E-state index in [1.807, 2.05) is 36.4 Å². The summed E-state index contributed by atoms with van der Waals surface area (Å²) < 4.78 is 5.89. The highest BCUT2D eigenvalue weighted by Crippen LogP contribution is 2.38. The summed E-state index contributed by atoms with van der Waals surface area (Å²) in [4.78, 5) is 35.2. The summed E-state index contributed by atoms with van der Waals surface area (Å²) in [7, 11) is 0. The van der Waals surface area contributed by atoms with Crippen molar-refractivity contribution in [3.8, 4) is 11.3 Å². The Morgan fingerprint density at radius 1 is 1.06 bits per heavy atom. The average Bonchev–Trinajstić information content (AvgIpc) is 3.44. The van der Waals surface area contributed by atoms with Crippen LogP contribution in [0.1, 0.15) is 11.3 Å². The third-order valence-corrected chi connectivity index (χ3v) is 6.16. The van der Waals surface area contributed by atoms with Gasteiger partial charge in [-0.2, -0.15) is 0 Å². The summed E-state index contributed by atoms with van der Waals surface area (Å²) in [5, 5.41) is 12.0. The van der Waals surface area contributed by atoms with Gasteiger partial charge in [0.2, 0.25) is 0 Å². The molecule has 1 aliphatic heterocycles. The van der Waals surface area contributed by atoms with Crippen molar-refractivity contribution in [3.63, 3.8) is 0 Å². The van der Waals surface area contributed by atoms with Crippen molar-refractivity contribution in [1.29, 1.82) is 0 Å². The van der Waals surface area contributed by atoms with Gasteiger partial charge in [0.05, 0.1) is 21.1 Å². The highest BCUT2D eigenvalue weighted by molar-refractivity contribution is 8.19. The van der Waals surface area contributed by atoms with E-state index in [9.17, 15) is 14.9 Å². The first-order valence-corrected chi connectivity index (χ1v) is 11.5. The average molecular weight is 483 g/mol. The number of thioether (sulfide) groups is 1.